The van der Waals surface area contributed by atoms with E-state index in [4.69, 9.17) is 4.74 Å². The lowest BCUT2D eigenvalue weighted by Gasteiger charge is -2.35. The predicted octanol–water partition coefficient (Wildman–Crippen LogP) is 3.19. The molecule has 1 saturated carbocycles. The second kappa shape index (κ2) is 6.65. The largest absolute Gasteiger partial charge is 0.490 e. The van der Waals surface area contributed by atoms with E-state index < -0.39 is 0 Å². The zero-order chi connectivity index (χ0) is 17.5. The predicted molar refractivity (Wildman–Crippen MR) is 97.7 cm³/mol. The summed E-state index contributed by atoms with van der Waals surface area (Å²) in [5.41, 5.74) is 9.94. The Bertz CT molecular complexity index is 756. The molecule has 4 nitrogen and oxygen atoms in total. The number of hydrogen-bond donors (Lipinski definition) is 2. The van der Waals surface area contributed by atoms with E-state index in [1.165, 1.54) is 23.3 Å². The van der Waals surface area contributed by atoms with Gasteiger partial charge < -0.3 is 4.74 Å². The van der Waals surface area contributed by atoms with Crippen LogP contribution in [0.2, 0.25) is 0 Å². The number of nitrogens with one attached hydrogen (secondary N) is 2. The Balaban J connectivity index is 1.22. The summed E-state index contributed by atoms with van der Waals surface area (Å²) in [4.78, 5) is 2.55. The minimum atomic E-state index is -0.225. The van der Waals surface area contributed by atoms with Gasteiger partial charge in [0.1, 0.15) is 17.7 Å². The van der Waals surface area contributed by atoms with Crippen LogP contribution in [0.25, 0.3) is 0 Å². The molecule has 2 N–H and O–H groups in total. The van der Waals surface area contributed by atoms with Gasteiger partial charge in [0, 0.05) is 31.5 Å². The van der Waals surface area contributed by atoms with Gasteiger partial charge >= 0.3 is 0 Å². The molecule has 2 aromatic carbocycles. The highest BCUT2D eigenvalue weighted by atomic mass is 19.1. The number of halogens is 1. The van der Waals surface area contributed by atoms with E-state index in [1.54, 1.807) is 12.1 Å². The van der Waals surface area contributed by atoms with Crippen LogP contribution in [0, 0.1) is 11.7 Å². The molecule has 4 atom stereocenters. The topological polar surface area (TPSA) is 36.5 Å². The van der Waals surface area contributed by atoms with E-state index in [0.717, 1.165) is 38.1 Å². The highest BCUT2D eigenvalue weighted by Gasteiger charge is 2.44. The molecule has 1 saturated heterocycles. The summed E-state index contributed by atoms with van der Waals surface area (Å²) in [6.07, 6.45) is 3.71. The molecule has 26 heavy (non-hydrogen) atoms. The fourth-order valence-corrected chi connectivity index (χ4v) is 4.73. The summed E-state index contributed by atoms with van der Waals surface area (Å²) in [6, 6.07) is 15.5. The molecule has 0 amide bonds. The van der Waals surface area contributed by atoms with Crippen molar-refractivity contribution in [2.45, 2.75) is 50.7 Å². The van der Waals surface area contributed by atoms with Crippen LogP contribution in [-0.4, -0.2) is 23.2 Å². The normalized spacial score (nSPS) is 30.8. The van der Waals surface area contributed by atoms with Crippen LogP contribution in [0.4, 0.5) is 4.39 Å². The van der Waals surface area contributed by atoms with Crippen LogP contribution < -0.4 is 15.6 Å². The molecule has 3 aliphatic rings. The molecule has 2 aromatic rings. The van der Waals surface area contributed by atoms with E-state index in [-0.39, 0.29) is 11.9 Å². The van der Waals surface area contributed by atoms with Crippen molar-refractivity contribution in [3.05, 3.63) is 65.5 Å². The molecule has 0 aromatic heterocycles. The minimum Gasteiger partial charge on any atom is -0.490 e. The average molecular weight is 353 g/mol. The van der Waals surface area contributed by atoms with E-state index in [9.17, 15) is 4.39 Å². The van der Waals surface area contributed by atoms with Crippen molar-refractivity contribution in [1.29, 1.82) is 0 Å². The van der Waals surface area contributed by atoms with Gasteiger partial charge in [0.05, 0.1) is 6.17 Å². The summed E-state index contributed by atoms with van der Waals surface area (Å²) < 4.78 is 19.1. The van der Waals surface area contributed by atoms with Gasteiger partial charge in [-0.1, -0.05) is 24.3 Å². The van der Waals surface area contributed by atoms with E-state index in [2.05, 4.69) is 40.0 Å². The second-order valence-electron chi connectivity index (χ2n) is 7.68. The highest BCUT2D eigenvalue weighted by Crippen LogP contribution is 2.36. The zero-order valence-corrected chi connectivity index (χ0v) is 14.7. The molecule has 1 aliphatic carbocycles. The molecular formula is C21H24FN3O. The van der Waals surface area contributed by atoms with Crippen LogP contribution in [0.1, 0.15) is 30.4 Å². The fourth-order valence-electron chi connectivity index (χ4n) is 4.73. The summed E-state index contributed by atoms with van der Waals surface area (Å²) in [5.74, 6) is 1.13. The lowest BCUT2D eigenvalue weighted by molar-refractivity contribution is 0.0810. The Kier molecular flexibility index (Phi) is 4.15. The van der Waals surface area contributed by atoms with Crippen molar-refractivity contribution in [3.63, 3.8) is 0 Å². The monoisotopic (exact) mass is 353 g/mol. The van der Waals surface area contributed by atoms with Crippen molar-refractivity contribution < 1.29 is 9.13 Å². The zero-order valence-electron chi connectivity index (χ0n) is 14.7. The number of rotatable bonds is 3. The fraction of sp³-hybridized carbons (Fsp3) is 0.429. The smallest absolute Gasteiger partial charge is 0.123 e. The number of ether oxygens (including phenoxy) is 1. The van der Waals surface area contributed by atoms with E-state index >= 15 is 0 Å². The summed E-state index contributed by atoms with van der Waals surface area (Å²) in [7, 11) is 0. The number of nitrogens with zero attached hydrogens (tertiary/aromatic N) is 1. The van der Waals surface area contributed by atoms with Crippen molar-refractivity contribution in [3.8, 4) is 5.75 Å². The molecule has 5 heteroatoms. The quantitative estimate of drug-likeness (QED) is 0.889. The van der Waals surface area contributed by atoms with Crippen molar-refractivity contribution in [2.75, 3.05) is 0 Å². The maximum atomic E-state index is 13.1. The lowest BCUT2D eigenvalue weighted by atomic mass is 9.82. The number of benzene rings is 2. The number of hydrogen-bond acceptors (Lipinski definition) is 4. The van der Waals surface area contributed by atoms with Crippen LogP contribution in [0.3, 0.4) is 0 Å². The first kappa shape index (κ1) is 16.2. The van der Waals surface area contributed by atoms with Gasteiger partial charge in [-0.05, 0) is 48.2 Å². The Morgan fingerprint density at radius 2 is 1.65 bits per heavy atom. The molecule has 4 unspecified atom stereocenters. The third kappa shape index (κ3) is 3.00. The molecule has 136 valence electrons. The molecule has 5 rings (SSSR count). The van der Waals surface area contributed by atoms with Crippen LogP contribution >= 0.6 is 0 Å². The lowest BCUT2D eigenvalue weighted by Crippen LogP contribution is -2.45. The minimum absolute atomic E-state index is 0.186. The first-order valence-corrected chi connectivity index (χ1v) is 9.50. The highest BCUT2D eigenvalue weighted by molar-refractivity contribution is 5.30. The van der Waals surface area contributed by atoms with Crippen LogP contribution in [-0.2, 0) is 13.1 Å². The average Bonchev–Trinajstić information content (AvgIpc) is 3.26. The first-order valence-electron chi connectivity index (χ1n) is 9.50. The molecule has 0 radical (unpaired) electrons. The Labute approximate surface area is 153 Å². The van der Waals surface area contributed by atoms with Crippen LogP contribution in [0.15, 0.2) is 48.5 Å². The third-order valence-corrected chi connectivity index (χ3v) is 6.05. The summed E-state index contributed by atoms with van der Waals surface area (Å²) in [5, 5.41) is 0. The SMILES string of the molecule is Fc1ccc(OC2CCC3C(C2)NNC3N2Cc3ccccc3C2)cc1. The maximum absolute atomic E-state index is 13.1. The van der Waals surface area contributed by atoms with Crippen LogP contribution in [0.5, 0.6) is 5.75 Å². The number of hydrazine groups is 1. The molecule has 0 bridgehead atoms. The summed E-state index contributed by atoms with van der Waals surface area (Å²) >= 11 is 0. The first-order chi connectivity index (χ1) is 12.8. The molecule has 2 fully saturated rings. The number of fused-ring (bicyclic) bond motifs is 2. The molecular weight excluding hydrogens is 329 g/mol. The molecule has 0 spiro atoms. The Morgan fingerprint density at radius 1 is 0.923 bits per heavy atom. The van der Waals surface area contributed by atoms with Gasteiger partial charge in [0.25, 0.3) is 0 Å². The summed E-state index contributed by atoms with van der Waals surface area (Å²) in [6.45, 7) is 2.04. The molecule has 2 aliphatic heterocycles. The maximum Gasteiger partial charge on any atom is 0.123 e. The van der Waals surface area contributed by atoms with Crippen molar-refractivity contribution in [2.24, 2.45) is 5.92 Å². The van der Waals surface area contributed by atoms with Crippen molar-refractivity contribution >= 4 is 0 Å². The van der Waals surface area contributed by atoms with E-state index in [1.807, 2.05) is 0 Å². The van der Waals surface area contributed by atoms with Crippen molar-refractivity contribution in [1.82, 2.24) is 15.8 Å². The van der Waals surface area contributed by atoms with Gasteiger partial charge in [-0.15, -0.1) is 0 Å². The second-order valence-corrected chi connectivity index (χ2v) is 7.68. The van der Waals surface area contributed by atoms with Gasteiger partial charge in [-0.2, -0.15) is 0 Å². The van der Waals surface area contributed by atoms with Gasteiger partial charge in [0.2, 0.25) is 0 Å². The standard InChI is InChI=1S/C21H24FN3O/c22-16-5-7-17(8-6-16)26-18-9-10-19-20(11-18)23-24-21(19)25-12-14-3-1-2-4-15(14)13-25/h1-8,18-21,23-24H,9-13H2. The van der Waals surface area contributed by atoms with Gasteiger partial charge in [-0.3, -0.25) is 10.3 Å². The van der Waals surface area contributed by atoms with Gasteiger partial charge in [0.15, 0.2) is 0 Å². The third-order valence-electron chi connectivity index (χ3n) is 6.05. The Morgan fingerprint density at radius 3 is 2.38 bits per heavy atom. The van der Waals surface area contributed by atoms with Gasteiger partial charge in [-0.25, -0.2) is 9.82 Å². The Hall–Kier alpha value is -1.95. The van der Waals surface area contributed by atoms with E-state index in [0.29, 0.717) is 18.1 Å². The molecule has 2 heterocycles.